The van der Waals surface area contributed by atoms with Gasteiger partial charge in [0.2, 0.25) is 0 Å². The summed E-state index contributed by atoms with van der Waals surface area (Å²) in [6.07, 6.45) is 2.33. The van der Waals surface area contributed by atoms with E-state index in [1.165, 1.54) is 6.07 Å². The van der Waals surface area contributed by atoms with Crippen molar-refractivity contribution in [2.24, 2.45) is 0 Å². The molecule has 1 aliphatic carbocycles. The molecule has 0 heterocycles. The maximum Gasteiger partial charge on any atom is 0.320 e. The minimum absolute atomic E-state index is 0.00149. The summed E-state index contributed by atoms with van der Waals surface area (Å²) in [4.78, 5) is 21.5. The van der Waals surface area contributed by atoms with E-state index < -0.39 is 16.9 Å². The number of rotatable bonds is 8. The first-order chi connectivity index (χ1) is 9.99. The number of carboxylic acid groups (broad SMARTS) is 1. The smallest absolute Gasteiger partial charge is 0.320 e. The second-order valence-corrected chi connectivity index (χ2v) is 5.13. The van der Waals surface area contributed by atoms with Crippen molar-refractivity contribution in [3.63, 3.8) is 0 Å². The molecule has 1 atom stereocenters. The van der Waals surface area contributed by atoms with Crippen molar-refractivity contribution in [3.8, 4) is 5.75 Å². The first-order valence-electron chi connectivity index (χ1n) is 6.84. The Morgan fingerprint density at radius 3 is 2.86 bits per heavy atom. The molecular weight excluding hydrogens is 276 g/mol. The van der Waals surface area contributed by atoms with E-state index in [-0.39, 0.29) is 12.3 Å². The van der Waals surface area contributed by atoms with Gasteiger partial charge in [0.1, 0.15) is 11.8 Å². The highest BCUT2D eigenvalue weighted by atomic mass is 16.6. The van der Waals surface area contributed by atoms with Crippen molar-refractivity contribution in [2.75, 3.05) is 6.61 Å². The van der Waals surface area contributed by atoms with Crippen LogP contribution in [0.5, 0.6) is 5.75 Å². The minimum atomic E-state index is -0.902. The van der Waals surface area contributed by atoms with Crippen LogP contribution >= 0.6 is 0 Å². The number of nitrogens with zero attached hydrogens (tertiary/aromatic N) is 1. The number of carboxylic acids is 1. The molecule has 2 N–H and O–H groups in total. The second-order valence-electron chi connectivity index (χ2n) is 5.13. The molecule has 0 amide bonds. The molecule has 1 saturated carbocycles. The molecule has 7 nitrogen and oxygen atoms in total. The quantitative estimate of drug-likeness (QED) is 0.560. The summed E-state index contributed by atoms with van der Waals surface area (Å²) in [5, 5.41) is 23.0. The van der Waals surface area contributed by atoms with Gasteiger partial charge in [-0.3, -0.25) is 14.9 Å². The van der Waals surface area contributed by atoms with Crippen LogP contribution in [0.2, 0.25) is 0 Å². The zero-order valence-corrected chi connectivity index (χ0v) is 11.7. The number of nitro benzene ring substituents is 1. The van der Waals surface area contributed by atoms with Gasteiger partial charge in [0.25, 0.3) is 5.69 Å². The number of hydrogen-bond donors (Lipinski definition) is 2. The second kappa shape index (κ2) is 6.53. The summed E-state index contributed by atoms with van der Waals surface area (Å²) in [5.74, 6) is -0.485. The molecule has 1 aliphatic rings. The van der Waals surface area contributed by atoms with Crippen LogP contribution < -0.4 is 10.1 Å². The van der Waals surface area contributed by atoms with Crippen molar-refractivity contribution in [1.29, 1.82) is 0 Å². The molecule has 0 aromatic heterocycles. The number of ether oxygens (including phenoxy) is 1. The van der Waals surface area contributed by atoms with E-state index in [4.69, 9.17) is 9.84 Å². The van der Waals surface area contributed by atoms with E-state index in [1.54, 1.807) is 19.1 Å². The van der Waals surface area contributed by atoms with Gasteiger partial charge < -0.3 is 15.2 Å². The SMILES string of the molecule is Cc1c(OCCC(NC2CC2)C(=O)O)cccc1[N+](=O)[O-]. The first kappa shape index (κ1) is 15.2. The van der Waals surface area contributed by atoms with Crippen molar-refractivity contribution in [1.82, 2.24) is 5.32 Å². The van der Waals surface area contributed by atoms with Crippen LogP contribution in [0.25, 0.3) is 0 Å². The predicted molar refractivity (Wildman–Crippen MR) is 75.5 cm³/mol. The third-order valence-electron chi connectivity index (χ3n) is 3.43. The van der Waals surface area contributed by atoms with Crippen LogP contribution in [0.3, 0.4) is 0 Å². The van der Waals surface area contributed by atoms with Gasteiger partial charge in [-0.2, -0.15) is 0 Å². The Morgan fingerprint density at radius 2 is 2.29 bits per heavy atom. The van der Waals surface area contributed by atoms with E-state index >= 15 is 0 Å². The molecule has 0 saturated heterocycles. The summed E-state index contributed by atoms with van der Waals surface area (Å²) in [6.45, 7) is 1.81. The number of hydrogen-bond acceptors (Lipinski definition) is 5. The van der Waals surface area contributed by atoms with Crippen LogP contribution in [0.1, 0.15) is 24.8 Å². The Hall–Kier alpha value is -2.15. The van der Waals surface area contributed by atoms with Crippen LogP contribution in [0.4, 0.5) is 5.69 Å². The largest absolute Gasteiger partial charge is 0.493 e. The van der Waals surface area contributed by atoms with Crippen LogP contribution in [0.15, 0.2) is 18.2 Å². The summed E-state index contributed by atoms with van der Waals surface area (Å²) in [7, 11) is 0. The summed E-state index contributed by atoms with van der Waals surface area (Å²) in [5.41, 5.74) is 0.447. The molecule has 0 aliphatic heterocycles. The Kier molecular flexibility index (Phi) is 4.74. The van der Waals surface area contributed by atoms with E-state index in [1.807, 2.05) is 0 Å². The lowest BCUT2D eigenvalue weighted by Crippen LogP contribution is -2.39. The van der Waals surface area contributed by atoms with Gasteiger partial charge in [-0.05, 0) is 25.8 Å². The number of benzene rings is 1. The fourth-order valence-corrected chi connectivity index (χ4v) is 2.06. The molecule has 1 aromatic carbocycles. The number of nitro groups is 1. The van der Waals surface area contributed by atoms with E-state index in [2.05, 4.69) is 5.32 Å². The third-order valence-corrected chi connectivity index (χ3v) is 3.43. The van der Waals surface area contributed by atoms with E-state index in [0.29, 0.717) is 23.8 Å². The Labute approximate surface area is 122 Å². The van der Waals surface area contributed by atoms with Gasteiger partial charge in [-0.15, -0.1) is 0 Å². The van der Waals surface area contributed by atoms with Crippen molar-refractivity contribution >= 4 is 11.7 Å². The number of aliphatic carboxylic acids is 1. The molecule has 0 radical (unpaired) electrons. The maximum atomic E-state index is 11.1. The molecule has 0 spiro atoms. The summed E-state index contributed by atoms with van der Waals surface area (Å²) >= 11 is 0. The molecular formula is C14H18N2O5. The Balaban J connectivity index is 1.91. The lowest BCUT2D eigenvalue weighted by atomic mass is 10.2. The molecule has 0 bridgehead atoms. The topological polar surface area (TPSA) is 102 Å². The van der Waals surface area contributed by atoms with Crippen molar-refractivity contribution < 1.29 is 19.6 Å². The third kappa shape index (κ3) is 4.16. The Bertz CT molecular complexity index is 542. The van der Waals surface area contributed by atoms with Crippen molar-refractivity contribution in [2.45, 2.75) is 38.3 Å². The van der Waals surface area contributed by atoms with Gasteiger partial charge in [0.05, 0.1) is 17.1 Å². The fourth-order valence-electron chi connectivity index (χ4n) is 2.06. The zero-order valence-electron chi connectivity index (χ0n) is 11.7. The summed E-state index contributed by atoms with van der Waals surface area (Å²) < 4.78 is 5.50. The van der Waals surface area contributed by atoms with Gasteiger partial charge in [0.15, 0.2) is 0 Å². The van der Waals surface area contributed by atoms with Crippen molar-refractivity contribution in [3.05, 3.63) is 33.9 Å². The number of nitrogens with one attached hydrogen (secondary N) is 1. The van der Waals surface area contributed by atoms with E-state index in [0.717, 1.165) is 12.8 Å². The average molecular weight is 294 g/mol. The molecule has 114 valence electrons. The van der Waals surface area contributed by atoms with Crippen LogP contribution in [-0.2, 0) is 4.79 Å². The maximum absolute atomic E-state index is 11.1. The molecule has 1 aromatic rings. The molecule has 1 fully saturated rings. The molecule has 2 rings (SSSR count). The monoisotopic (exact) mass is 294 g/mol. The number of carbonyl (C=O) groups is 1. The molecule has 7 heteroatoms. The van der Waals surface area contributed by atoms with E-state index in [9.17, 15) is 14.9 Å². The standard InChI is InChI=1S/C14H18N2O5/c1-9-12(16(19)20)3-2-4-13(9)21-8-7-11(14(17)18)15-10-5-6-10/h2-4,10-11,15H,5-8H2,1H3,(H,17,18). The zero-order chi connectivity index (χ0) is 15.4. The lowest BCUT2D eigenvalue weighted by molar-refractivity contribution is -0.385. The fraction of sp³-hybridized carbons (Fsp3) is 0.500. The highest BCUT2D eigenvalue weighted by molar-refractivity contribution is 5.73. The van der Waals surface area contributed by atoms with Gasteiger partial charge in [0, 0.05) is 18.5 Å². The highest BCUT2D eigenvalue weighted by Gasteiger charge is 2.28. The van der Waals surface area contributed by atoms with Crippen LogP contribution in [0, 0.1) is 17.0 Å². The Morgan fingerprint density at radius 1 is 1.57 bits per heavy atom. The first-order valence-corrected chi connectivity index (χ1v) is 6.84. The normalized spacial score (nSPS) is 15.5. The van der Waals surface area contributed by atoms with Gasteiger partial charge in [-0.1, -0.05) is 6.07 Å². The predicted octanol–water partition coefficient (Wildman–Crippen LogP) is 1.88. The van der Waals surface area contributed by atoms with Gasteiger partial charge in [-0.25, -0.2) is 0 Å². The van der Waals surface area contributed by atoms with Crippen LogP contribution in [-0.4, -0.2) is 34.7 Å². The molecule has 1 unspecified atom stereocenters. The lowest BCUT2D eigenvalue weighted by Gasteiger charge is -2.15. The average Bonchev–Trinajstić information content (AvgIpc) is 3.23. The van der Waals surface area contributed by atoms with Gasteiger partial charge >= 0.3 is 5.97 Å². The molecule has 21 heavy (non-hydrogen) atoms. The summed E-state index contributed by atoms with van der Waals surface area (Å²) in [6, 6.07) is 4.27. The highest BCUT2D eigenvalue weighted by Crippen LogP contribution is 2.27. The minimum Gasteiger partial charge on any atom is -0.493 e.